The van der Waals surface area contributed by atoms with E-state index in [1.807, 2.05) is 42.5 Å². The molecule has 0 unspecified atom stereocenters. The second-order valence-corrected chi connectivity index (χ2v) is 5.23. The first-order chi connectivity index (χ1) is 8.06. The van der Waals surface area contributed by atoms with Crippen molar-refractivity contribution in [3.8, 4) is 0 Å². The Balaban J connectivity index is 2.10. The lowest BCUT2D eigenvalue weighted by Gasteiger charge is -2.06. The molecule has 1 aromatic heterocycles. The van der Waals surface area contributed by atoms with Gasteiger partial charge in [0, 0.05) is 29.1 Å². The highest BCUT2D eigenvalue weighted by atomic mass is 32.2. The Hall–Kier alpha value is -1.42. The van der Waals surface area contributed by atoms with Gasteiger partial charge in [0.2, 0.25) is 0 Å². The Bertz CT molecular complexity index is 531. The number of anilines is 1. The summed E-state index contributed by atoms with van der Waals surface area (Å²) in [7, 11) is 1.98. The molecule has 0 aliphatic heterocycles. The van der Waals surface area contributed by atoms with Gasteiger partial charge in [-0.1, -0.05) is 0 Å². The molecule has 4 heteroatoms. The number of nitrogens with two attached hydrogens (primary N) is 1. The van der Waals surface area contributed by atoms with E-state index in [2.05, 4.69) is 24.2 Å². The van der Waals surface area contributed by atoms with E-state index in [1.165, 1.54) is 16.2 Å². The number of nitrogens with zero attached hydrogens (tertiary/aromatic N) is 2. The van der Waals surface area contributed by atoms with E-state index in [9.17, 15) is 0 Å². The normalized spacial score (nSPS) is 10.8. The van der Waals surface area contributed by atoms with E-state index in [4.69, 9.17) is 5.73 Å². The fourth-order valence-electron chi connectivity index (χ4n) is 1.79. The summed E-state index contributed by atoms with van der Waals surface area (Å²) in [5.41, 5.74) is 10.1. The first-order valence-electron chi connectivity index (χ1n) is 5.54. The van der Waals surface area contributed by atoms with Crippen LogP contribution in [0.2, 0.25) is 0 Å². The van der Waals surface area contributed by atoms with Crippen molar-refractivity contribution in [1.29, 1.82) is 0 Å². The first kappa shape index (κ1) is 12.0. The lowest BCUT2D eigenvalue weighted by Crippen LogP contribution is -1.96. The Morgan fingerprint density at radius 1 is 1.29 bits per heavy atom. The molecule has 0 saturated carbocycles. The number of nitrogen functional groups attached to an aromatic ring is 1. The van der Waals surface area contributed by atoms with E-state index in [-0.39, 0.29) is 0 Å². The molecule has 17 heavy (non-hydrogen) atoms. The van der Waals surface area contributed by atoms with Crippen molar-refractivity contribution < 1.29 is 0 Å². The second kappa shape index (κ2) is 4.84. The summed E-state index contributed by atoms with van der Waals surface area (Å²) in [5, 5.41) is 4.34. The Labute approximate surface area is 106 Å². The molecule has 0 aliphatic carbocycles. The van der Waals surface area contributed by atoms with Gasteiger partial charge in [-0.05, 0) is 43.7 Å². The number of hydrogen-bond acceptors (Lipinski definition) is 3. The number of thioether (sulfide) groups is 1. The van der Waals surface area contributed by atoms with Crippen LogP contribution in [0.15, 0.2) is 29.2 Å². The predicted octanol–water partition coefficient (Wildman–Crippen LogP) is 2.91. The van der Waals surface area contributed by atoms with E-state index in [0.29, 0.717) is 0 Å². The maximum Gasteiger partial charge on any atom is 0.0596 e. The zero-order valence-corrected chi connectivity index (χ0v) is 11.2. The van der Waals surface area contributed by atoms with Gasteiger partial charge in [-0.3, -0.25) is 4.68 Å². The molecule has 0 spiro atoms. The Kier molecular flexibility index (Phi) is 3.43. The molecule has 2 aromatic rings. The maximum atomic E-state index is 5.74. The molecule has 1 aromatic carbocycles. The third-order valence-corrected chi connectivity index (χ3v) is 3.88. The molecule has 0 aliphatic rings. The summed E-state index contributed by atoms with van der Waals surface area (Å²) in [6, 6.07) is 8.17. The number of aromatic nitrogens is 2. The third-order valence-electron chi connectivity index (χ3n) is 2.67. The molecule has 0 amide bonds. The predicted molar refractivity (Wildman–Crippen MR) is 73.1 cm³/mol. The standard InChI is InChI=1S/C13H17N3S/c1-9-6-11(14)4-5-13(9)17-8-12-7-10(2)15-16(12)3/h4-7H,8,14H2,1-3H3. The minimum Gasteiger partial charge on any atom is -0.399 e. The van der Waals surface area contributed by atoms with Crippen molar-refractivity contribution >= 4 is 17.4 Å². The van der Waals surface area contributed by atoms with E-state index >= 15 is 0 Å². The van der Waals surface area contributed by atoms with E-state index < -0.39 is 0 Å². The lowest BCUT2D eigenvalue weighted by molar-refractivity contribution is 0.727. The van der Waals surface area contributed by atoms with Gasteiger partial charge in [-0.15, -0.1) is 11.8 Å². The minimum absolute atomic E-state index is 0.822. The summed E-state index contributed by atoms with van der Waals surface area (Å²) in [4.78, 5) is 1.28. The highest BCUT2D eigenvalue weighted by Crippen LogP contribution is 2.27. The van der Waals surface area contributed by atoms with E-state index in [1.54, 1.807) is 0 Å². The van der Waals surface area contributed by atoms with Gasteiger partial charge >= 0.3 is 0 Å². The van der Waals surface area contributed by atoms with Gasteiger partial charge in [-0.2, -0.15) is 5.10 Å². The van der Waals surface area contributed by atoms with Crippen LogP contribution >= 0.6 is 11.8 Å². The van der Waals surface area contributed by atoms with Crippen LogP contribution in [0.4, 0.5) is 5.69 Å². The average molecular weight is 247 g/mol. The highest BCUT2D eigenvalue weighted by Gasteiger charge is 2.04. The minimum atomic E-state index is 0.822. The zero-order valence-electron chi connectivity index (χ0n) is 10.4. The van der Waals surface area contributed by atoms with Crippen LogP contribution in [0.1, 0.15) is 17.0 Å². The van der Waals surface area contributed by atoms with Crippen molar-refractivity contribution in [3.05, 3.63) is 41.2 Å². The molecule has 0 saturated heterocycles. The fraction of sp³-hybridized carbons (Fsp3) is 0.308. The summed E-state index contributed by atoms with van der Waals surface area (Å²) in [5.74, 6) is 0.933. The smallest absolute Gasteiger partial charge is 0.0596 e. The van der Waals surface area contributed by atoms with Crippen molar-refractivity contribution in [2.24, 2.45) is 7.05 Å². The molecular formula is C13H17N3S. The van der Waals surface area contributed by atoms with Gasteiger partial charge in [0.15, 0.2) is 0 Å². The van der Waals surface area contributed by atoms with Gasteiger partial charge in [0.05, 0.1) is 5.69 Å². The highest BCUT2D eigenvalue weighted by molar-refractivity contribution is 7.98. The Morgan fingerprint density at radius 2 is 2.06 bits per heavy atom. The molecule has 0 bridgehead atoms. The van der Waals surface area contributed by atoms with Crippen molar-refractivity contribution in [2.45, 2.75) is 24.5 Å². The van der Waals surface area contributed by atoms with Crippen LogP contribution in [0, 0.1) is 13.8 Å². The number of aryl methyl sites for hydroxylation is 3. The zero-order chi connectivity index (χ0) is 12.4. The Morgan fingerprint density at radius 3 is 2.65 bits per heavy atom. The van der Waals surface area contributed by atoms with Crippen molar-refractivity contribution in [2.75, 3.05) is 5.73 Å². The van der Waals surface area contributed by atoms with Crippen LogP contribution in [0.3, 0.4) is 0 Å². The summed E-state index contributed by atoms with van der Waals surface area (Å²) < 4.78 is 1.94. The average Bonchev–Trinajstić information content (AvgIpc) is 2.56. The fourth-order valence-corrected chi connectivity index (χ4v) is 2.81. The number of benzene rings is 1. The van der Waals surface area contributed by atoms with Crippen LogP contribution in [0.25, 0.3) is 0 Å². The lowest BCUT2D eigenvalue weighted by atomic mass is 10.2. The summed E-state index contributed by atoms with van der Waals surface area (Å²) in [6.07, 6.45) is 0. The molecule has 90 valence electrons. The van der Waals surface area contributed by atoms with E-state index in [0.717, 1.165) is 17.1 Å². The largest absolute Gasteiger partial charge is 0.399 e. The molecule has 2 N–H and O–H groups in total. The molecule has 0 fully saturated rings. The molecule has 0 atom stereocenters. The second-order valence-electron chi connectivity index (χ2n) is 4.21. The molecule has 1 heterocycles. The van der Waals surface area contributed by atoms with Crippen LogP contribution in [-0.4, -0.2) is 9.78 Å². The molecule has 3 nitrogen and oxygen atoms in total. The quantitative estimate of drug-likeness (QED) is 0.670. The number of rotatable bonds is 3. The number of hydrogen-bond donors (Lipinski definition) is 1. The summed E-state index contributed by atoms with van der Waals surface area (Å²) >= 11 is 1.82. The maximum absolute atomic E-state index is 5.74. The molecule has 2 rings (SSSR count). The van der Waals surface area contributed by atoms with Crippen LogP contribution in [-0.2, 0) is 12.8 Å². The van der Waals surface area contributed by atoms with Gasteiger partial charge < -0.3 is 5.73 Å². The van der Waals surface area contributed by atoms with Gasteiger partial charge in [0.25, 0.3) is 0 Å². The molecular weight excluding hydrogens is 230 g/mol. The van der Waals surface area contributed by atoms with Crippen molar-refractivity contribution in [3.63, 3.8) is 0 Å². The van der Waals surface area contributed by atoms with Crippen LogP contribution < -0.4 is 5.73 Å². The monoisotopic (exact) mass is 247 g/mol. The van der Waals surface area contributed by atoms with Crippen LogP contribution in [0.5, 0.6) is 0 Å². The SMILES string of the molecule is Cc1cc(CSc2ccc(N)cc2C)n(C)n1. The van der Waals surface area contributed by atoms with Gasteiger partial charge in [-0.25, -0.2) is 0 Å². The third kappa shape index (κ3) is 2.82. The van der Waals surface area contributed by atoms with Crippen molar-refractivity contribution in [1.82, 2.24) is 9.78 Å². The first-order valence-corrected chi connectivity index (χ1v) is 6.53. The molecule has 0 radical (unpaired) electrons. The topological polar surface area (TPSA) is 43.8 Å². The summed E-state index contributed by atoms with van der Waals surface area (Å²) in [6.45, 7) is 4.11. The van der Waals surface area contributed by atoms with Gasteiger partial charge in [0.1, 0.15) is 0 Å².